The molecule has 3 heterocycles. The number of para-hydroxylation sites is 2. The van der Waals surface area contributed by atoms with Gasteiger partial charge in [0.25, 0.3) is 0 Å². The average Bonchev–Trinajstić information content (AvgIpc) is 3.90. The Morgan fingerprint density at radius 3 is 2.48 bits per heavy atom. The number of hydrogen-bond acceptors (Lipinski definition) is 4. The number of ether oxygens (including phenoxy) is 2. The van der Waals surface area contributed by atoms with E-state index in [0.717, 1.165) is 36.5 Å². The number of allylic oxidation sites excluding steroid dienone is 7. The third-order valence-electron chi connectivity index (χ3n) is 11.7. The van der Waals surface area contributed by atoms with Crippen LogP contribution in [0.15, 0.2) is 169 Å². The van der Waals surface area contributed by atoms with Crippen molar-refractivity contribution in [2.24, 2.45) is 5.92 Å². The van der Waals surface area contributed by atoms with Crippen molar-refractivity contribution in [3.05, 3.63) is 190 Å². The number of hydrogen-bond donors (Lipinski definition) is 0. The Kier molecular flexibility index (Phi) is 6.94. The SMILES string of the molecule is C1=CC(N(C2=CCC(C3=CC4Oc5ccccc5C4C=C3)C=C2)C2=c3sc4c(-c5ccccc5)cccc4c3=CCC2)[C@@H]2C(=C1)Oc1ccccc12. The zero-order valence-electron chi connectivity index (χ0n) is 28.7. The minimum atomic E-state index is 0.0638. The summed E-state index contributed by atoms with van der Waals surface area (Å²) in [6, 6.07) is 34.8. The van der Waals surface area contributed by atoms with E-state index in [9.17, 15) is 0 Å². The van der Waals surface area contributed by atoms with E-state index in [4.69, 9.17) is 9.47 Å². The predicted molar refractivity (Wildman–Crippen MR) is 212 cm³/mol. The minimum absolute atomic E-state index is 0.0638. The van der Waals surface area contributed by atoms with Crippen molar-refractivity contribution in [3.63, 3.8) is 0 Å². The van der Waals surface area contributed by atoms with Gasteiger partial charge in [0.2, 0.25) is 0 Å². The van der Waals surface area contributed by atoms with Crippen LogP contribution >= 0.6 is 11.3 Å². The molecule has 4 aromatic carbocycles. The molecule has 0 spiro atoms. The van der Waals surface area contributed by atoms with E-state index in [2.05, 4.69) is 163 Å². The number of rotatable bonds is 5. The quantitative estimate of drug-likeness (QED) is 0.183. The first kappa shape index (κ1) is 30.1. The number of thiophene rings is 1. The second-order valence-corrected chi connectivity index (χ2v) is 15.5. The number of benzene rings is 4. The second-order valence-electron chi connectivity index (χ2n) is 14.5. The van der Waals surface area contributed by atoms with Crippen LogP contribution in [0, 0.1) is 5.92 Å². The first-order chi connectivity index (χ1) is 25.8. The lowest BCUT2D eigenvalue weighted by Gasteiger charge is -2.40. The van der Waals surface area contributed by atoms with E-state index in [1.54, 1.807) is 0 Å². The highest BCUT2D eigenvalue weighted by atomic mass is 32.1. The summed E-state index contributed by atoms with van der Waals surface area (Å²) in [6.07, 6.45) is 26.6. The third-order valence-corrected chi connectivity index (χ3v) is 13.0. The molecule has 252 valence electrons. The van der Waals surface area contributed by atoms with Crippen LogP contribution in [0.3, 0.4) is 0 Å². The Morgan fingerprint density at radius 1 is 0.750 bits per heavy atom. The molecule has 52 heavy (non-hydrogen) atoms. The molecule has 0 fully saturated rings. The van der Waals surface area contributed by atoms with Crippen molar-refractivity contribution < 1.29 is 9.47 Å². The van der Waals surface area contributed by atoms with E-state index < -0.39 is 0 Å². The highest BCUT2D eigenvalue weighted by molar-refractivity contribution is 7.17. The lowest BCUT2D eigenvalue weighted by molar-refractivity contribution is 0.267. The van der Waals surface area contributed by atoms with Gasteiger partial charge in [-0.2, -0.15) is 0 Å². The van der Waals surface area contributed by atoms with Crippen molar-refractivity contribution >= 4 is 33.2 Å². The Morgan fingerprint density at radius 2 is 1.60 bits per heavy atom. The fourth-order valence-electron chi connectivity index (χ4n) is 9.23. The molecular weight excluding hydrogens is 655 g/mol. The average molecular weight is 692 g/mol. The van der Waals surface area contributed by atoms with Gasteiger partial charge in [-0.25, -0.2) is 0 Å². The molecule has 5 aromatic rings. The highest BCUT2D eigenvalue weighted by Gasteiger charge is 2.41. The predicted octanol–water partition coefficient (Wildman–Crippen LogP) is 10.1. The normalized spacial score (nSPS) is 24.7. The molecule has 0 saturated carbocycles. The molecule has 11 rings (SSSR count). The molecule has 4 unspecified atom stereocenters. The fourth-order valence-corrected chi connectivity index (χ4v) is 10.6. The van der Waals surface area contributed by atoms with Crippen molar-refractivity contribution in [2.45, 2.75) is 43.2 Å². The first-order valence-corrected chi connectivity index (χ1v) is 19.4. The Labute approximate surface area is 307 Å². The maximum atomic E-state index is 6.51. The van der Waals surface area contributed by atoms with Gasteiger partial charge in [0.1, 0.15) is 23.4 Å². The van der Waals surface area contributed by atoms with Gasteiger partial charge in [0.05, 0.1) is 16.5 Å². The number of nitrogens with zero attached hydrogens (tertiary/aromatic N) is 1. The minimum Gasteiger partial charge on any atom is -0.485 e. The summed E-state index contributed by atoms with van der Waals surface area (Å²) in [7, 11) is 0. The lowest BCUT2D eigenvalue weighted by Crippen LogP contribution is -2.42. The summed E-state index contributed by atoms with van der Waals surface area (Å²) in [6.45, 7) is 0. The van der Waals surface area contributed by atoms with Crippen LogP contribution < -0.4 is 19.2 Å². The molecular formula is C48H37NO2S. The van der Waals surface area contributed by atoms with Crippen LogP contribution in [0.2, 0.25) is 0 Å². The summed E-state index contributed by atoms with van der Waals surface area (Å²) >= 11 is 1.96. The maximum absolute atomic E-state index is 6.51. The highest BCUT2D eigenvalue weighted by Crippen LogP contribution is 2.49. The van der Waals surface area contributed by atoms with Gasteiger partial charge in [-0.1, -0.05) is 127 Å². The van der Waals surface area contributed by atoms with Crippen molar-refractivity contribution in [1.29, 1.82) is 0 Å². The summed E-state index contributed by atoms with van der Waals surface area (Å²) in [4.78, 5) is 2.67. The van der Waals surface area contributed by atoms with Gasteiger partial charge in [-0.3, -0.25) is 0 Å². The zero-order valence-corrected chi connectivity index (χ0v) is 29.5. The smallest absolute Gasteiger partial charge is 0.130 e. The zero-order chi connectivity index (χ0) is 34.2. The van der Waals surface area contributed by atoms with Gasteiger partial charge in [-0.05, 0) is 71.5 Å². The molecule has 1 aromatic heterocycles. The van der Waals surface area contributed by atoms with Crippen LogP contribution in [-0.2, 0) is 0 Å². The molecule has 6 aliphatic rings. The maximum Gasteiger partial charge on any atom is 0.130 e. The van der Waals surface area contributed by atoms with Gasteiger partial charge in [0.15, 0.2) is 0 Å². The van der Waals surface area contributed by atoms with Crippen LogP contribution in [0.1, 0.15) is 42.2 Å². The molecule has 0 bridgehead atoms. The summed E-state index contributed by atoms with van der Waals surface area (Å²) in [5.74, 6) is 3.74. The molecule has 4 heteroatoms. The number of fused-ring (bicyclic) bond motifs is 9. The summed E-state index contributed by atoms with van der Waals surface area (Å²) in [5, 5.41) is 2.73. The lowest BCUT2D eigenvalue weighted by atomic mass is 9.82. The van der Waals surface area contributed by atoms with Crippen LogP contribution in [0.5, 0.6) is 11.5 Å². The van der Waals surface area contributed by atoms with Gasteiger partial charge in [0, 0.05) is 44.4 Å². The molecule has 0 saturated heterocycles. The Balaban J connectivity index is 1.02. The topological polar surface area (TPSA) is 21.7 Å². The Hall–Kier alpha value is -5.58. The van der Waals surface area contributed by atoms with Crippen LogP contribution in [-0.4, -0.2) is 17.0 Å². The Bertz CT molecular complexity index is 2600. The van der Waals surface area contributed by atoms with Crippen LogP contribution in [0.25, 0.3) is 33.0 Å². The largest absolute Gasteiger partial charge is 0.485 e. The monoisotopic (exact) mass is 691 g/mol. The summed E-state index contributed by atoms with van der Waals surface area (Å²) in [5.41, 5.74) is 9.15. The van der Waals surface area contributed by atoms with E-state index in [0.29, 0.717) is 11.8 Å². The molecule has 0 amide bonds. The fraction of sp³-hybridized carbons (Fsp3) is 0.167. The van der Waals surface area contributed by atoms with Gasteiger partial charge >= 0.3 is 0 Å². The van der Waals surface area contributed by atoms with Crippen LogP contribution in [0.4, 0.5) is 0 Å². The molecule has 2 aliphatic heterocycles. The summed E-state index contributed by atoms with van der Waals surface area (Å²) < 4.78 is 15.7. The van der Waals surface area contributed by atoms with Crippen molar-refractivity contribution in [1.82, 2.24) is 4.90 Å². The van der Waals surface area contributed by atoms with Gasteiger partial charge < -0.3 is 14.4 Å². The standard InChI is InChI=1S/C48H37NO2S/c1-2-11-31(12-3-1)34-15-8-16-37-38-17-9-19-41(48(38)52-47(34)37)49(40-18-10-22-44-46(40)39-14-5-7-21-43(39)50-44)33-26-23-30(24-27-33)32-25-28-36-35-13-4-6-20-42(35)51-45(36)29-32/h1-8,10-18,20-23,25-30,36,40,45-46H,9,19,24H2/t30?,36?,40?,45?,46-/m1/s1. The van der Waals surface area contributed by atoms with E-state index in [1.807, 2.05) is 11.3 Å². The molecule has 0 N–H and O–H groups in total. The molecule has 5 atom stereocenters. The van der Waals surface area contributed by atoms with E-state index in [-0.39, 0.29) is 18.1 Å². The van der Waals surface area contributed by atoms with Crippen molar-refractivity contribution in [2.75, 3.05) is 0 Å². The second kappa shape index (κ2) is 12.0. The molecule has 3 nitrogen and oxygen atoms in total. The molecule has 0 radical (unpaired) electrons. The van der Waals surface area contributed by atoms with Gasteiger partial charge in [-0.15, -0.1) is 11.3 Å². The third kappa shape index (κ3) is 4.70. The van der Waals surface area contributed by atoms with E-state index >= 15 is 0 Å². The first-order valence-electron chi connectivity index (χ1n) is 18.6. The van der Waals surface area contributed by atoms with Crippen molar-refractivity contribution in [3.8, 4) is 22.6 Å². The van der Waals surface area contributed by atoms with E-state index in [1.165, 1.54) is 59.1 Å². The molecule has 4 aliphatic carbocycles.